The molecule has 0 spiro atoms. The van der Waals surface area contributed by atoms with Crippen LogP contribution in [0.4, 0.5) is 5.82 Å². The Morgan fingerprint density at radius 1 is 1.28 bits per heavy atom. The number of aliphatic hydroxyl groups is 2. The summed E-state index contributed by atoms with van der Waals surface area (Å²) in [6, 6.07) is 9.25. The van der Waals surface area contributed by atoms with E-state index in [1.54, 1.807) is 36.4 Å². The number of rotatable bonds is 9. The Kier molecular flexibility index (Phi) is 8.70. The van der Waals surface area contributed by atoms with Gasteiger partial charge in [0.2, 0.25) is 5.91 Å². The van der Waals surface area contributed by atoms with Crippen LogP contribution in [-0.4, -0.2) is 68.2 Å². The maximum atomic E-state index is 12.5. The van der Waals surface area contributed by atoms with E-state index >= 15 is 0 Å². The van der Waals surface area contributed by atoms with E-state index in [1.807, 2.05) is 0 Å². The van der Waals surface area contributed by atoms with Crippen LogP contribution in [0.15, 0.2) is 65.4 Å². The van der Waals surface area contributed by atoms with Gasteiger partial charge in [-0.15, -0.1) is 0 Å². The summed E-state index contributed by atoms with van der Waals surface area (Å²) in [5, 5.41) is 23.3. The molecule has 0 bridgehead atoms. The average molecular weight is 566 g/mol. The highest BCUT2D eigenvalue weighted by Gasteiger charge is 2.45. The van der Waals surface area contributed by atoms with Gasteiger partial charge < -0.3 is 45.0 Å². The van der Waals surface area contributed by atoms with Crippen LogP contribution in [0.5, 0.6) is 5.75 Å². The number of nitrogens with zero attached hydrogens (tertiary/aromatic N) is 1. The van der Waals surface area contributed by atoms with Crippen molar-refractivity contribution in [2.75, 3.05) is 12.3 Å². The normalized spacial score (nSPS) is 28.9. The van der Waals surface area contributed by atoms with Crippen molar-refractivity contribution in [3.05, 3.63) is 76.7 Å². The summed E-state index contributed by atoms with van der Waals surface area (Å²) in [5.41, 5.74) is 4.81. The molecule has 7 atom stereocenters. The minimum Gasteiger partial charge on any atom is -0.452 e. The smallest absolute Gasteiger partial charge is 0.452 e. The average Bonchev–Trinajstić information content (AvgIpc) is 3.16. The zero-order valence-corrected chi connectivity index (χ0v) is 21.3. The summed E-state index contributed by atoms with van der Waals surface area (Å²) in [5.74, 6) is -0.00546. The molecule has 7 N–H and O–H groups in total. The number of amides is 1. The molecule has 2 aromatic rings. The number of aliphatic hydroxyl groups excluding tert-OH is 2. The fourth-order valence-corrected chi connectivity index (χ4v) is 4.43. The summed E-state index contributed by atoms with van der Waals surface area (Å²) in [6.07, 6.45) is -2.73. The SMILES string of the molecule is CC(=O)N[C@@H]1C=C/C(=C/OP(=O)(O)OC[C@H]2O[C@@H](c3cc(N)nc(=O)[nH]3)[C@H](O)[C@@H]2O)O[C@H]1Oc1ccccc1. The van der Waals surface area contributed by atoms with Crippen molar-refractivity contribution in [3.63, 3.8) is 0 Å². The molecule has 1 aromatic carbocycles. The topological polar surface area (TPSA) is 225 Å². The maximum Gasteiger partial charge on any atom is 0.527 e. The Balaban J connectivity index is 1.37. The van der Waals surface area contributed by atoms with Crippen LogP contribution < -0.4 is 21.5 Å². The molecule has 3 heterocycles. The predicted molar refractivity (Wildman–Crippen MR) is 133 cm³/mol. The van der Waals surface area contributed by atoms with Gasteiger partial charge in [0.15, 0.2) is 5.76 Å². The molecule has 4 rings (SSSR count). The molecule has 1 unspecified atom stereocenters. The van der Waals surface area contributed by atoms with Gasteiger partial charge in [-0.3, -0.25) is 14.2 Å². The number of carbonyl (C=O) groups excluding carboxylic acids is 1. The first-order chi connectivity index (χ1) is 18.5. The molecule has 0 saturated carbocycles. The number of phosphoric acid groups is 1. The molecule has 39 heavy (non-hydrogen) atoms. The number of nitrogens with one attached hydrogen (secondary N) is 2. The number of aromatic amines is 1. The summed E-state index contributed by atoms with van der Waals surface area (Å²) in [6.45, 7) is 0.677. The van der Waals surface area contributed by atoms with Gasteiger partial charge in [0.05, 0.1) is 12.3 Å². The first-order valence-corrected chi connectivity index (χ1v) is 13.1. The number of nitrogens with two attached hydrogens (primary N) is 1. The first kappa shape index (κ1) is 28.3. The number of benzene rings is 1. The lowest BCUT2D eigenvalue weighted by Crippen LogP contribution is -2.46. The highest BCUT2D eigenvalue weighted by molar-refractivity contribution is 7.47. The van der Waals surface area contributed by atoms with E-state index < -0.39 is 56.9 Å². The van der Waals surface area contributed by atoms with Gasteiger partial charge in [-0.2, -0.15) is 4.98 Å². The van der Waals surface area contributed by atoms with Gasteiger partial charge in [-0.1, -0.05) is 24.3 Å². The zero-order chi connectivity index (χ0) is 28.2. The van der Waals surface area contributed by atoms with Crippen LogP contribution in [0.1, 0.15) is 18.7 Å². The van der Waals surface area contributed by atoms with E-state index in [0.717, 1.165) is 6.26 Å². The van der Waals surface area contributed by atoms with Gasteiger partial charge in [0, 0.05) is 13.0 Å². The lowest BCUT2D eigenvalue weighted by Gasteiger charge is -2.30. The number of anilines is 1. The van der Waals surface area contributed by atoms with Crippen LogP contribution in [0.3, 0.4) is 0 Å². The lowest BCUT2D eigenvalue weighted by molar-refractivity contribution is -0.123. The van der Waals surface area contributed by atoms with Crippen LogP contribution in [-0.2, 0) is 27.9 Å². The van der Waals surface area contributed by atoms with E-state index in [2.05, 4.69) is 15.3 Å². The van der Waals surface area contributed by atoms with E-state index in [4.69, 9.17) is 29.0 Å². The molecule has 1 amide bonds. The van der Waals surface area contributed by atoms with Crippen molar-refractivity contribution >= 4 is 19.5 Å². The van der Waals surface area contributed by atoms with E-state index in [0.29, 0.717) is 5.75 Å². The highest BCUT2D eigenvalue weighted by Crippen LogP contribution is 2.45. The second-order valence-electron chi connectivity index (χ2n) is 8.54. The highest BCUT2D eigenvalue weighted by atomic mass is 31.2. The Hall–Kier alpha value is -3.72. The number of phosphoric ester groups is 1. The molecule has 2 aliphatic rings. The van der Waals surface area contributed by atoms with Crippen molar-refractivity contribution < 1.29 is 47.7 Å². The van der Waals surface area contributed by atoms with Crippen molar-refractivity contribution in [1.29, 1.82) is 0 Å². The molecule has 1 saturated heterocycles. The van der Waals surface area contributed by atoms with Crippen molar-refractivity contribution in [2.45, 2.75) is 43.7 Å². The molecule has 16 heteroatoms. The number of carbonyl (C=O) groups is 1. The molecule has 210 valence electrons. The lowest BCUT2D eigenvalue weighted by atomic mass is 10.1. The van der Waals surface area contributed by atoms with Gasteiger partial charge in [-0.25, -0.2) is 9.36 Å². The number of ether oxygens (including phenoxy) is 3. The first-order valence-electron chi connectivity index (χ1n) is 11.6. The summed E-state index contributed by atoms with van der Waals surface area (Å²) < 4.78 is 39.2. The van der Waals surface area contributed by atoms with Gasteiger partial charge in [0.25, 0.3) is 6.29 Å². The second kappa shape index (κ2) is 12.0. The fourth-order valence-electron chi connectivity index (χ4n) is 3.79. The van der Waals surface area contributed by atoms with Gasteiger partial charge >= 0.3 is 13.5 Å². The molecular weight excluding hydrogens is 539 g/mol. The Morgan fingerprint density at radius 2 is 2.03 bits per heavy atom. The molecular formula is C23H27N4O11P. The largest absolute Gasteiger partial charge is 0.527 e. The fraction of sp³-hybridized carbons (Fsp3) is 0.348. The molecule has 2 aliphatic heterocycles. The Bertz CT molecular complexity index is 1330. The summed E-state index contributed by atoms with van der Waals surface area (Å²) in [7, 11) is -4.75. The standard InChI is InChI=1S/C23H27N4O11P/c1-12(28)25-15-8-7-14(37-22(15)36-13-5-3-2-4-6-13)10-34-39(32,33)35-11-17-19(29)20(30)21(38-17)16-9-18(24)27-23(31)26-16/h2-10,15,17,19-22,29-30H,11H2,1H3,(H,25,28)(H,32,33)(H3,24,26,27,31)/b14-10-/t15-,17-,19-,20-,21+,22-/m1/s1. The van der Waals surface area contributed by atoms with Crippen LogP contribution in [0.2, 0.25) is 0 Å². The molecule has 1 fully saturated rings. The summed E-state index contributed by atoms with van der Waals surface area (Å²) in [4.78, 5) is 39.0. The predicted octanol–water partition coefficient (Wildman–Crippen LogP) is -0.0150. The van der Waals surface area contributed by atoms with Gasteiger partial charge in [0.1, 0.15) is 48.3 Å². The molecule has 0 radical (unpaired) electrons. The maximum absolute atomic E-state index is 12.5. The van der Waals surface area contributed by atoms with Crippen LogP contribution in [0, 0.1) is 0 Å². The van der Waals surface area contributed by atoms with Crippen molar-refractivity contribution in [1.82, 2.24) is 15.3 Å². The third kappa shape index (κ3) is 7.44. The number of H-pyrrole nitrogens is 1. The third-order valence-corrected chi connectivity index (χ3v) is 6.38. The quantitative estimate of drug-likeness (QED) is 0.174. The Morgan fingerprint density at radius 3 is 2.72 bits per heavy atom. The zero-order valence-electron chi connectivity index (χ0n) is 20.4. The minimum absolute atomic E-state index is 0.0118. The Labute approximate surface area is 221 Å². The van der Waals surface area contributed by atoms with E-state index in [-0.39, 0.29) is 23.2 Å². The molecule has 15 nitrogen and oxygen atoms in total. The monoisotopic (exact) mass is 566 g/mol. The number of aromatic nitrogens is 2. The number of hydrogen-bond acceptors (Lipinski definition) is 12. The minimum atomic E-state index is -4.75. The summed E-state index contributed by atoms with van der Waals surface area (Å²) >= 11 is 0. The van der Waals surface area contributed by atoms with Crippen LogP contribution in [0.25, 0.3) is 0 Å². The third-order valence-electron chi connectivity index (χ3n) is 5.54. The van der Waals surface area contributed by atoms with Crippen LogP contribution >= 0.6 is 7.82 Å². The number of allylic oxidation sites excluding steroid dienone is 1. The van der Waals surface area contributed by atoms with E-state index in [9.17, 15) is 29.3 Å². The molecule has 1 aromatic heterocycles. The van der Waals surface area contributed by atoms with Gasteiger partial charge in [-0.05, 0) is 18.2 Å². The second-order valence-corrected chi connectivity index (χ2v) is 9.94. The number of nitrogen functional groups attached to an aromatic ring is 1. The number of para-hydroxylation sites is 1. The van der Waals surface area contributed by atoms with E-state index in [1.165, 1.54) is 19.1 Å². The number of hydrogen-bond donors (Lipinski definition) is 6. The van der Waals surface area contributed by atoms with Crippen molar-refractivity contribution in [2.24, 2.45) is 0 Å². The van der Waals surface area contributed by atoms with Crippen molar-refractivity contribution in [3.8, 4) is 5.75 Å². The molecule has 0 aliphatic carbocycles.